The summed E-state index contributed by atoms with van der Waals surface area (Å²) in [6, 6.07) is 7.56. The standard InChI is InChI=1S/C19H21N3O4S2/c1-11(18(24)25-4)9-22(3)17(23)16-14(10-27-19-21-20-12(2)28-19)13-7-5-6-8-15(13)26-16/h5-8,11H,9-10H2,1-4H3. The van der Waals surface area contributed by atoms with E-state index in [2.05, 4.69) is 10.2 Å². The van der Waals surface area contributed by atoms with Crippen LogP contribution in [-0.2, 0) is 15.3 Å². The summed E-state index contributed by atoms with van der Waals surface area (Å²) in [5, 5.41) is 9.95. The van der Waals surface area contributed by atoms with Crippen molar-refractivity contribution < 1.29 is 18.7 Å². The van der Waals surface area contributed by atoms with Crippen molar-refractivity contribution in [2.24, 2.45) is 5.92 Å². The van der Waals surface area contributed by atoms with Gasteiger partial charge in [-0.3, -0.25) is 9.59 Å². The summed E-state index contributed by atoms with van der Waals surface area (Å²) in [4.78, 5) is 26.2. The molecule has 1 unspecified atom stereocenters. The highest BCUT2D eigenvalue weighted by Crippen LogP contribution is 2.33. The number of nitrogens with zero attached hydrogens (tertiary/aromatic N) is 3. The van der Waals surface area contributed by atoms with Crippen LogP contribution in [0.1, 0.15) is 28.0 Å². The number of carbonyl (C=O) groups excluding carboxylic acids is 2. The molecule has 2 aromatic heterocycles. The van der Waals surface area contributed by atoms with Gasteiger partial charge in [-0.05, 0) is 13.0 Å². The van der Waals surface area contributed by atoms with E-state index in [0.717, 1.165) is 20.3 Å². The molecule has 0 saturated carbocycles. The van der Waals surface area contributed by atoms with Crippen molar-refractivity contribution in [3.63, 3.8) is 0 Å². The highest BCUT2D eigenvalue weighted by atomic mass is 32.2. The van der Waals surface area contributed by atoms with Crippen molar-refractivity contribution in [2.45, 2.75) is 23.9 Å². The minimum atomic E-state index is -0.425. The second kappa shape index (κ2) is 8.74. The summed E-state index contributed by atoms with van der Waals surface area (Å²) in [5.41, 5.74) is 1.47. The Kier molecular flexibility index (Phi) is 6.35. The number of para-hydroxylation sites is 1. The number of aryl methyl sites for hydroxylation is 1. The number of thioether (sulfide) groups is 1. The predicted octanol–water partition coefficient (Wildman–Crippen LogP) is 3.77. The van der Waals surface area contributed by atoms with E-state index in [0.29, 0.717) is 11.3 Å². The minimum absolute atomic E-state index is 0.241. The van der Waals surface area contributed by atoms with E-state index in [-0.39, 0.29) is 24.2 Å². The van der Waals surface area contributed by atoms with Gasteiger partial charge < -0.3 is 14.1 Å². The maximum atomic E-state index is 13.0. The molecule has 0 radical (unpaired) electrons. The summed E-state index contributed by atoms with van der Waals surface area (Å²) in [7, 11) is 2.99. The molecule has 28 heavy (non-hydrogen) atoms. The number of hydrogen-bond donors (Lipinski definition) is 0. The molecule has 1 amide bonds. The molecule has 0 saturated heterocycles. The van der Waals surface area contributed by atoms with Crippen LogP contribution < -0.4 is 0 Å². The van der Waals surface area contributed by atoms with Crippen LogP contribution in [0, 0.1) is 12.8 Å². The lowest BCUT2D eigenvalue weighted by atomic mass is 10.1. The van der Waals surface area contributed by atoms with E-state index in [1.165, 1.54) is 35.1 Å². The maximum absolute atomic E-state index is 13.0. The molecule has 7 nitrogen and oxygen atoms in total. The van der Waals surface area contributed by atoms with Crippen LogP contribution >= 0.6 is 23.1 Å². The van der Waals surface area contributed by atoms with Crippen molar-refractivity contribution in [3.05, 3.63) is 40.6 Å². The summed E-state index contributed by atoms with van der Waals surface area (Å²) in [5.74, 6) is -0.227. The summed E-state index contributed by atoms with van der Waals surface area (Å²) in [6.45, 7) is 3.87. The Hall–Kier alpha value is -2.39. The van der Waals surface area contributed by atoms with E-state index in [1.54, 1.807) is 14.0 Å². The monoisotopic (exact) mass is 419 g/mol. The molecule has 0 bridgehead atoms. The number of benzene rings is 1. The summed E-state index contributed by atoms with van der Waals surface area (Å²) < 4.78 is 11.5. The van der Waals surface area contributed by atoms with Crippen LogP contribution in [-0.4, -0.2) is 47.7 Å². The molecule has 3 rings (SSSR count). The molecule has 1 aromatic carbocycles. The maximum Gasteiger partial charge on any atom is 0.310 e. The number of ether oxygens (including phenoxy) is 1. The Morgan fingerprint density at radius 3 is 2.75 bits per heavy atom. The SMILES string of the molecule is COC(=O)C(C)CN(C)C(=O)c1oc2ccccc2c1CSc1nnc(C)s1. The molecule has 0 fully saturated rings. The number of hydrogen-bond acceptors (Lipinski definition) is 8. The van der Waals surface area contributed by atoms with Crippen LogP contribution in [0.4, 0.5) is 0 Å². The van der Waals surface area contributed by atoms with Crippen LogP contribution in [0.2, 0.25) is 0 Å². The Morgan fingerprint density at radius 2 is 2.07 bits per heavy atom. The Balaban J connectivity index is 1.86. The number of carbonyl (C=O) groups is 2. The van der Waals surface area contributed by atoms with E-state index >= 15 is 0 Å². The zero-order valence-electron chi connectivity index (χ0n) is 16.1. The first-order valence-corrected chi connectivity index (χ1v) is 10.5. The fourth-order valence-electron chi connectivity index (χ4n) is 2.83. The molecule has 9 heteroatoms. The van der Waals surface area contributed by atoms with E-state index in [1.807, 2.05) is 31.2 Å². The zero-order valence-corrected chi connectivity index (χ0v) is 17.7. The zero-order chi connectivity index (χ0) is 20.3. The van der Waals surface area contributed by atoms with Gasteiger partial charge in [-0.2, -0.15) is 0 Å². The van der Waals surface area contributed by atoms with Crippen molar-refractivity contribution in [1.29, 1.82) is 0 Å². The number of esters is 1. The fraction of sp³-hybridized carbons (Fsp3) is 0.368. The Bertz CT molecular complexity index is 998. The second-order valence-electron chi connectivity index (χ2n) is 6.39. The first kappa shape index (κ1) is 20.3. The van der Waals surface area contributed by atoms with Crippen molar-refractivity contribution in [2.75, 3.05) is 20.7 Å². The van der Waals surface area contributed by atoms with Crippen LogP contribution in [0.25, 0.3) is 11.0 Å². The predicted molar refractivity (Wildman–Crippen MR) is 109 cm³/mol. The molecule has 148 valence electrons. The van der Waals surface area contributed by atoms with Gasteiger partial charge in [0.1, 0.15) is 10.6 Å². The number of aromatic nitrogens is 2. The van der Waals surface area contributed by atoms with Gasteiger partial charge in [0.15, 0.2) is 10.1 Å². The average Bonchev–Trinajstić information content (AvgIpc) is 3.27. The molecule has 0 spiro atoms. The number of fused-ring (bicyclic) bond motifs is 1. The van der Waals surface area contributed by atoms with E-state index in [9.17, 15) is 9.59 Å². The smallest absolute Gasteiger partial charge is 0.310 e. The van der Waals surface area contributed by atoms with Crippen molar-refractivity contribution >= 4 is 45.9 Å². The molecule has 2 heterocycles. The lowest BCUT2D eigenvalue weighted by Gasteiger charge is -2.19. The van der Waals surface area contributed by atoms with Gasteiger partial charge in [0.2, 0.25) is 0 Å². The number of rotatable bonds is 7. The summed E-state index contributed by atoms with van der Waals surface area (Å²) >= 11 is 3.03. The highest BCUT2D eigenvalue weighted by Gasteiger charge is 2.26. The molecular formula is C19H21N3O4S2. The number of amides is 1. The summed E-state index contributed by atoms with van der Waals surface area (Å²) in [6.07, 6.45) is 0. The lowest BCUT2D eigenvalue weighted by Crippen LogP contribution is -2.34. The number of furan rings is 1. The normalized spacial score (nSPS) is 12.1. The van der Waals surface area contributed by atoms with Gasteiger partial charge in [0.05, 0.1) is 13.0 Å². The molecule has 0 aliphatic rings. The second-order valence-corrected chi connectivity index (χ2v) is 8.80. The lowest BCUT2D eigenvalue weighted by molar-refractivity contribution is -0.145. The van der Waals surface area contributed by atoms with Gasteiger partial charge in [0.25, 0.3) is 5.91 Å². The third-order valence-corrected chi connectivity index (χ3v) is 6.24. The largest absolute Gasteiger partial charge is 0.469 e. The molecular weight excluding hydrogens is 398 g/mol. The molecule has 1 atom stereocenters. The van der Waals surface area contributed by atoms with Crippen LogP contribution in [0.15, 0.2) is 33.0 Å². The van der Waals surface area contributed by atoms with Gasteiger partial charge >= 0.3 is 5.97 Å². The fourth-order valence-corrected chi connectivity index (χ4v) is 4.67. The first-order chi connectivity index (χ1) is 13.4. The van der Waals surface area contributed by atoms with Crippen LogP contribution in [0.3, 0.4) is 0 Å². The van der Waals surface area contributed by atoms with Crippen molar-refractivity contribution in [1.82, 2.24) is 15.1 Å². The average molecular weight is 420 g/mol. The third-order valence-electron chi connectivity index (χ3n) is 4.24. The molecule has 0 aliphatic carbocycles. The highest BCUT2D eigenvalue weighted by molar-refractivity contribution is 8.00. The molecule has 0 aliphatic heterocycles. The van der Waals surface area contributed by atoms with E-state index in [4.69, 9.17) is 9.15 Å². The first-order valence-electron chi connectivity index (χ1n) is 8.67. The Labute approximate surface area is 171 Å². The topological polar surface area (TPSA) is 85.5 Å². The minimum Gasteiger partial charge on any atom is -0.469 e. The quantitative estimate of drug-likeness (QED) is 0.426. The van der Waals surface area contributed by atoms with Crippen LogP contribution in [0.5, 0.6) is 0 Å². The number of methoxy groups -OCH3 is 1. The van der Waals surface area contributed by atoms with Gasteiger partial charge in [-0.1, -0.05) is 48.2 Å². The third kappa shape index (κ3) is 4.36. The van der Waals surface area contributed by atoms with Crippen molar-refractivity contribution in [3.8, 4) is 0 Å². The van der Waals surface area contributed by atoms with E-state index < -0.39 is 5.92 Å². The Morgan fingerprint density at radius 1 is 1.32 bits per heavy atom. The van der Waals surface area contributed by atoms with Gasteiger partial charge in [-0.15, -0.1) is 10.2 Å². The van der Waals surface area contributed by atoms with Gasteiger partial charge in [-0.25, -0.2) is 0 Å². The molecule has 0 N–H and O–H groups in total. The molecule has 3 aromatic rings. The van der Waals surface area contributed by atoms with Gasteiger partial charge in [0, 0.05) is 30.3 Å².